The number of amides is 1. The Hall–Kier alpha value is -0.790. The van der Waals surface area contributed by atoms with Gasteiger partial charge in [-0.05, 0) is 30.8 Å². The molecule has 0 spiro atoms. The van der Waals surface area contributed by atoms with E-state index in [1.54, 1.807) is 0 Å². The molecule has 1 fully saturated rings. The Bertz CT molecular complexity index is 210. The Balaban J connectivity index is 2.39. The number of hydrogen-bond acceptors (Lipinski definition) is 1. The molecule has 1 N–H and O–H groups in total. The molecule has 0 bridgehead atoms. The van der Waals surface area contributed by atoms with E-state index in [1.807, 2.05) is 0 Å². The molecule has 0 radical (unpaired) electrons. The molecule has 0 saturated heterocycles. The topological polar surface area (TPSA) is 29.1 Å². The standard InChI is InChI=1S/C12H21NO/c1-4-12(14)13-11-7-5-6-10(8-11)9(2)3/h4,9-11H,1,5-8H2,2-3H3,(H,13,14). The van der Waals surface area contributed by atoms with E-state index in [0.29, 0.717) is 6.04 Å². The third-order valence-electron chi connectivity index (χ3n) is 3.19. The zero-order chi connectivity index (χ0) is 10.6. The second kappa shape index (κ2) is 5.18. The summed E-state index contributed by atoms with van der Waals surface area (Å²) in [6, 6.07) is 0.377. The van der Waals surface area contributed by atoms with Gasteiger partial charge >= 0.3 is 0 Å². The first-order valence-electron chi connectivity index (χ1n) is 5.56. The average Bonchev–Trinajstić information content (AvgIpc) is 2.18. The van der Waals surface area contributed by atoms with E-state index in [0.717, 1.165) is 24.7 Å². The van der Waals surface area contributed by atoms with Gasteiger partial charge in [0.05, 0.1) is 0 Å². The minimum Gasteiger partial charge on any atom is -0.350 e. The lowest BCUT2D eigenvalue weighted by Crippen LogP contribution is -2.38. The molecule has 1 rings (SSSR count). The van der Waals surface area contributed by atoms with Gasteiger partial charge in [0.1, 0.15) is 0 Å². The number of carbonyl (C=O) groups is 1. The van der Waals surface area contributed by atoms with E-state index in [9.17, 15) is 4.79 Å². The maximum Gasteiger partial charge on any atom is 0.243 e. The largest absolute Gasteiger partial charge is 0.350 e. The molecule has 80 valence electrons. The number of nitrogens with one attached hydrogen (secondary N) is 1. The van der Waals surface area contributed by atoms with Gasteiger partial charge in [0.15, 0.2) is 0 Å². The second-order valence-electron chi connectivity index (χ2n) is 4.58. The molecule has 1 amide bonds. The summed E-state index contributed by atoms with van der Waals surface area (Å²) >= 11 is 0. The van der Waals surface area contributed by atoms with Crippen molar-refractivity contribution in [2.75, 3.05) is 0 Å². The van der Waals surface area contributed by atoms with E-state index in [4.69, 9.17) is 0 Å². The molecule has 0 aromatic carbocycles. The van der Waals surface area contributed by atoms with Crippen molar-refractivity contribution in [3.05, 3.63) is 12.7 Å². The molecular formula is C12H21NO. The Kier molecular flexibility index (Phi) is 4.18. The summed E-state index contributed by atoms with van der Waals surface area (Å²) in [5, 5.41) is 3.00. The van der Waals surface area contributed by atoms with Crippen LogP contribution in [0.15, 0.2) is 12.7 Å². The summed E-state index contributed by atoms with van der Waals surface area (Å²) in [6.45, 7) is 8.00. The zero-order valence-corrected chi connectivity index (χ0v) is 9.25. The molecule has 2 atom stereocenters. The highest BCUT2D eigenvalue weighted by molar-refractivity contribution is 5.87. The Morgan fingerprint density at radius 2 is 2.21 bits per heavy atom. The van der Waals surface area contributed by atoms with Crippen LogP contribution in [0.25, 0.3) is 0 Å². The highest BCUT2D eigenvalue weighted by atomic mass is 16.1. The molecule has 2 heteroatoms. The van der Waals surface area contributed by atoms with Crippen molar-refractivity contribution in [2.45, 2.75) is 45.6 Å². The van der Waals surface area contributed by atoms with Crippen LogP contribution in [0.5, 0.6) is 0 Å². The quantitative estimate of drug-likeness (QED) is 0.689. The zero-order valence-electron chi connectivity index (χ0n) is 9.25. The first kappa shape index (κ1) is 11.3. The number of carbonyl (C=O) groups excluding carboxylic acids is 1. The molecule has 2 nitrogen and oxygen atoms in total. The van der Waals surface area contributed by atoms with Crippen LogP contribution in [-0.2, 0) is 4.79 Å². The van der Waals surface area contributed by atoms with Crippen LogP contribution in [0, 0.1) is 11.8 Å². The van der Waals surface area contributed by atoms with E-state index in [-0.39, 0.29) is 5.91 Å². The molecule has 14 heavy (non-hydrogen) atoms. The predicted octanol–water partition coefficient (Wildman–Crippen LogP) is 2.50. The summed E-state index contributed by atoms with van der Waals surface area (Å²) < 4.78 is 0. The minimum absolute atomic E-state index is 0.0283. The van der Waals surface area contributed by atoms with E-state index < -0.39 is 0 Å². The molecule has 0 aromatic heterocycles. The van der Waals surface area contributed by atoms with Crippen LogP contribution in [0.3, 0.4) is 0 Å². The minimum atomic E-state index is -0.0283. The highest BCUT2D eigenvalue weighted by Crippen LogP contribution is 2.29. The molecule has 2 unspecified atom stereocenters. The van der Waals surface area contributed by atoms with Crippen LogP contribution in [0.1, 0.15) is 39.5 Å². The number of hydrogen-bond donors (Lipinski definition) is 1. The van der Waals surface area contributed by atoms with Crippen molar-refractivity contribution in [3.8, 4) is 0 Å². The third-order valence-corrected chi connectivity index (χ3v) is 3.19. The first-order chi connectivity index (χ1) is 6.63. The SMILES string of the molecule is C=CC(=O)NC1CCCC(C(C)C)C1. The van der Waals surface area contributed by atoms with Crippen molar-refractivity contribution in [1.29, 1.82) is 0 Å². The molecule has 1 aliphatic rings. The van der Waals surface area contributed by atoms with Crippen LogP contribution < -0.4 is 5.32 Å². The van der Waals surface area contributed by atoms with Crippen LogP contribution in [0.4, 0.5) is 0 Å². The summed E-state index contributed by atoms with van der Waals surface area (Å²) in [7, 11) is 0. The third kappa shape index (κ3) is 3.17. The van der Waals surface area contributed by atoms with Gasteiger partial charge in [0.25, 0.3) is 0 Å². The van der Waals surface area contributed by atoms with Gasteiger partial charge in [0.2, 0.25) is 5.91 Å². The van der Waals surface area contributed by atoms with E-state index >= 15 is 0 Å². The molecular weight excluding hydrogens is 174 g/mol. The van der Waals surface area contributed by atoms with Crippen molar-refractivity contribution in [2.24, 2.45) is 11.8 Å². The first-order valence-corrected chi connectivity index (χ1v) is 5.56. The van der Waals surface area contributed by atoms with Crippen LogP contribution in [0.2, 0.25) is 0 Å². The van der Waals surface area contributed by atoms with E-state index in [1.165, 1.54) is 18.9 Å². The average molecular weight is 195 g/mol. The summed E-state index contributed by atoms with van der Waals surface area (Å²) in [4.78, 5) is 11.1. The van der Waals surface area contributed by atoms with Gasteiger partial charge in [0, 0.05) is 6.04 Å². The van der Waals surface area contributed by atoms with Crippen molar-refractivity contribution < 1.29 is 4.79 Å². The van der Waals surface area contributed by atoms with Gasteiger partial charge in [-0.15, -0.1) is 0 Å². The van der Waals surface area contributed by atoms with Crippen LogP contribution in [-0.4, -0.2) is 11.9 Å². The Morgan fingerprint density at radius 1 is 1.50 bits per heavy atom. The summed E-state index contributed by atoms with van der Waals surface area (Å²) in [6.07, 6.45) is 6.18. The maximum absolute atomic E-state index is 11.1. The lowest BCUT2D eigenvalue weighted by atomic mass is 9.79. The normalized spacial score (nSPS) is 27.4. The van der Waals surface area contributed by atoms with Crippen molar-refractivity contribution in [3.63, 3.8) is 0 Å². The van der Waals surface area contributed by atoms with Crippen LogP contribution >= 0.6 is 0 Å². The second-order valence-corrected chi connectivity index (χ2v) is 4.58. The summed E-state index contributed by atoms with van der Waals surface area (Å²) in [5.74, 6) is 1.48. The Labute approximate surface area is 86.8 Å². The maximum atomic E-state index is 11.1. The lowest BCUT2D eigenvalue weighted by molar-refractivity contribution is -0.117. The fourth-order valence-corrected chi connectivity index (χ4v) is 2.22. The van der Waals surface area contributed by atoms with Gasteiger partial charge < -0.3 is 5.32 Å². The molecule has 1 saturated carbocycles. The summed E-state index contributed by atoms with van der Waals surface area (Å²) in [5.41, 5.74) is 0. The van der Waals surface area contributed by atoms with Gasteiger partial charge in [-0.25, -0.2) is 0 Å². The fourth-order valence-electron chi connectivity index (χ4n) is 2.22. The highest BCUT2D eigenvalue weighted by Gasteiger charge is 2.24. The predicted molar refractivity (Wildman–Crippen MR) is 58.9 cm³/mol. The molecule has 0 aromatic rings. The van der Waals surface area contributed by atoms with Crippen molar-refractivity contribution in [1.82, 2.24) is 5.32 Å². The fraction of sp³-hybridized carbons (Fsp3) is 0.750. The monoisotopic (exact) mass is 195 g/mol. The number of rotatable bonds is 3. The Morgan fingerprint density at radius 3 is 2.79 bits per heavy atom. The van der Waals surface area contributed by atoms with E-state index in [2.05, 4.69) is 25.7 Å². The molecule has 0 heterocycles. The molecule has 0 aliphatic heterocycles. The van der Waals surface area contributed by atoms with Gasteiger partial charge in [-0.1, -0.05) is 33.3 Å². The van der Waals surface area contributed by atoms with Gasteiger partial charge in [-0.3, -0.25) is 4.79 Å². The van der Waals surface area contributed by atoms with Crippen molar-refractivity contribution >= 4 is 5.91 Å². The smallest absolute Gasteiger partial charge is 0.243 e. The lowest BCUT2D eigenvalue weighted by Gasteiger charge is -2.31. The van der Waals surface area contributed by atoms with Gasteiger partial charge in [-0.2, -0.15) is 0 Å². The molecule has 1 aliphatic carbocycles.